The summed E-state index contributed by atoms with van der Waals surface area (Å²) >= 11 is 6.11. The van der Waals surface area contributed by atoms with Crippen LogP contribution in [-0.2, 0) is 0 Å². The molecule has 2 aromatic rings. The van der Waals surface area contributed by atoms with Gasteiger partial charge in [-0.25, -0.2) is 14.6 Å². The first-order valence-electron chi connectivity index (χ1n) is 6.34. The summed E-state index contributed by atoms with van der Waals surface area (Å²) < 4.78 is 6.82. The van der Waals surface area contributed by atoms with Crippen molar-refractivity contribution in [1.82, 2.24) is 24.7 Å². The van der Waals surface area contributed by atoms with Gasteiger partial charge in [0.1, 0.15) is 25.2 Å². The van der Waals surface area contributed by atoms with E-state index in [1.165, 1.54) is 18.9 Å². The molecule has 1 N–H and O–H groups in total. The van der Waals surface area contributed by atoms with E-state index in [1.54, 1.807) is 24.0 Å². The molecule has 0 bridgehead atoms. The van der Waals surface area contributed by atoms with Gasteiger partial charge >= 0.3 is 0 Å². The van der Waals surface area contributed by atoms with Crippen molar-refractivity contribution < 1.29 is 9.84 Å². The second kappa shape index (κ2) is 7.37. The van der Waals surface area contributed by atoms with Gasteiger partial charge in [-0.1, -0.05) is 17.7 Å². The molecule has 0 fully saturated rings. The fourth-order valence-electron chi connectivity index (χ4n) is 1.52. The predicted molar refractivity (Wildman–Crippen MR) is 82.1 cm³/mol. The van der Waals surface area contributed by atoms with Crippen LogP contribution in [0.25, 0.3) is 5.70 Å². The van der Waals surface area contributed by atoms with Gasteiger partial charge in [-0.05, 0) is 26.0 Å². The topological polar surface area (TPSA) is 86.0 Å². The lowest BCUT2D eigenvalue weighted by Gasteiger charge is -2.04. The second-order valence-electron chi connectivity index (χ2n) is 4.14. The van der Waals surface area contributed by atoms with Crippen molar-refractivity contribution in [2.45, 2.75) is 13.8 Å². The standard InChI is InChI=1S/C14H14ClN5O2/c1-3-4-12(20-9-16-7-19-20)5-11(15)6-22-14-13(21)10(2)17-8-18-14/h3-9,21H,1-2H3. The Morgan fingerprint density at radius 3 is 2.86 bits per heavy atom. The molecule has 0 aliphatic carbocycles. The first-order chi connectivity index (χ1) is 10.6. The quantitative estimate of drug-likeness (QED) is 0.673. The first kappa shape index (κ1) is 15.7. The van der Waals surface area contributed by atoms with Gasteiger partial charge in [0.2, 0.25) is 5.75 Å². The van der Waals surface area contributed by atoms with Crippen LogP contribution in [0.5, 0.6) is 11.6 Å². The number of nitrogens with zero attached hydrogens (tertiary/aromatic N) is 5. The highest BCUT2D eigenvalue weighted by atomic mass is 35.5. The zero-order valence-corrected chi connectivity index (χ0v) is 12.8. The fraction of sp³-hybridized carbons (Fsp3) is 0.143. The van der Waals surface area contributed by atoms with Crippen molar-refractivity contribution in [1.29, 1.82) is 0 Å². The van der Waals surface area contributed by atoms with Gasteiger partial charge < -0.3 is 9.84 Å². The molecule has 2 heterocycles. The highest BCUT2D eigenvalue weighted by molar-refractivity contribution is 6.31. The molecule has 0 saturated carbocycles. The molecule has 0 atom stereocenters. The molecule has 0 aliphatic rings. The zero-order chi connectivity index (χ0) is 15.9. The summed E-state index contributed by atoms with van der Waals surface area (Å²) in [7, 11) is 0. The van der Waals surface area contributed by atoms with Gasteiger partial charge in [0.05, 0.1) is 16.4 Å². The van der Waals surface area contributed by atoms with Gasteiger partial charge in [-0.2, -0.15) is 10.1 Å². The minimum Gasteiger partial charge on any atom is -0.502 e. The molecule has 8 heteroatoms. The average molecular weight is 320 g/mol. The number of allylic oxidation sites excluding steroid dienone is 5. The van der Waals surface area contributed by atoms with Crippen LogP contribution in [0.3, 0.4) is 0 Å². The van der Waals surface area contributed by atoms with Crippen molar-refractivity contribution in [3.8, 4) is 11.6 Å². The lowest BCUT2D eigenvalue weighted by atomic mass is 10.3. The summed E-state index contributed by atoms with van der Waals surface area (Å²) in [6.07, 6.45) is 10.8. The van der Waals surface area contributed by atoms with Crippen molar-refractivity contribution in [2.75, 3.05) is 0 Å². The van der Waals surface area contributed by atoms with E-state index < -0.39 is 0 Å². The number of aryl methyl sites for hydroxylation is 1. The molecule has 0 amide bonds. The molecule has 0 aromatic carbocycles. The van der Waals surface area contributed by atoms with Crippen LogP contribution in [0, 0.1) is 6.92 Å². The Balaban J connectivity index is 2.20. The normalized spacial score (nSPS) is 12.9. The number of rotatable bonds is 5. The Bertz CT molecular complexity index is 723. The Hall–Kier alpha value is -2.67. The lowest BCUT2D eigenvalue weighted by molar-refractivity contribution is 0.390. The Morgan fingerprint density at radius 2 is 2.18 bits per heavy atom. The number of aromatic nitrogens is 5. The highest BCUT2D eigenvalue weighted by Gasteiger charge is 2.07. The monoisotopic (exact) mass is 319 g/mol. The number of aromatic hydroxyl groups is 1. The maximum Gasteiger partial charge on any atom is 0.265 e. The van der Waals surface area contributed by atoms with E-state index in [0.717, 1.165) is 0 Å². The van der Waals surface area contributed by atoms with E-state index >= 15 is 0 Å². The minimum absolute atomic E-state index is 0.0346. The molecule has 2 rings (SSSR count). The van der Waals surface area contributed by atoms with Gasteiger partial charge in [-0.3, -0.25) is 0 Å². The van der Waals surface area contributed by atoms with E-state index in [9.17, 15) is 5.11 Å². The summed E-state index contributed by atoms with van der Waals surface area (Å²) in [4.78, 5) is 11.5. The fourth-order valence-corrected chi connectivity index (χ4v) is 1.68. The summed E-state index contributed by atoms with van der Waals surface area (Å²) in [5.74, 6) is -0.0930. The second-order valence-corrected chi connectivity index (χ2v) is 4.58. The van der Waals surface area contributed by atoms with Crippen LogP contribution in [-0.4, -0.2) is 29.8 Å². The summed E-state index contributed by atoms with van der Waals surface area (Å²) in [6, 6.07) is 0. The van der Waals surface area contributed by atoms with Crippen LogP contribution < -0.4 is 4.74 Å². The molecule has 0 saturated heterocycles. The average Bonchev–Trinajstić information content (AvgIpc) is 3.02. The van der Waals surface area contributed by atoms with Crippen molar-refractivity contribution in [2.24, 2.45) is 0 Å². The van der Waals surface area contributed by atoms with Crippen molar-refractivity contribution in [3.63, 3.8) is 0 Å². The summed E-state index contributed by atoms with van der Waals surface area (Å²) in [6.45, 7) is 3.52. The molecule has 114 valence electrons. The summed E-state index contributed by atoms with van der Waals surface area (Å²) in [5, 5.41) is 14.1. The molecule has 0 spiro atoms. The third kappa shape index (κ3) is 3.92. The molecule has 2 aromatic heterocycles. The van der Waals surface area contributed by atoms with Crippen molar-refractivity contribution >= 4 is 17.3 Å². The number of ether oxygens (including phenoxy) is 1. The first-order valence-corrected chi connectivity index (χ1v) is 6.72. The third-order valence-electron chi connectivity index (χ3n) is 2.56. The molecule has 7 nitrogen and oxygen atoms in total. The zero-order valence-electron chi connectivity index (χ0n) is 12.0. The summed E-state index contributed by atoms with van der Waals surface area (Å²) in [5.41, 5.74) is 1.12. The van der Waals surface area contributed by atoms with Gasteiger partial charge in [0.15, 0.2) is 0 Å². The third-order valence-corrected chi connectivity index (χ3v) is 2.76. The van der Waals surface area contributed by atoms with Gasteiger partial charge in [-0.15, -0.1) is 0 Å². The van der Waals surface area contributed by atoms with E-state index in [-0.39, 0.29) is 11.6 Å². The van der Waals surface area contributed by atoms with Crippen molar-refractivity contribution in [3.05, 3.63) is 54.2 Å². The smallest absolute Gasteiger partial charge is 0.265 e. The van der Waals surface area contributed by atoms with Crippen LogP contribution in [0.2, 0.25) is 0 Å². The van der Waals surface area contributed by atoms with E-state index in [0.29, 0.717) is 16.4 Å². The van der Waals surface area contributed by atoms with Crippen LogP contribution in [0.4, 0.5) is 0 Å². The van der Waals surface area contributed by atoms with Crippen LogP contribution >= 0.6 is 11.6 Å². The van der Waals surface area contributed by atoms with Crippen LogP contribution in [0.15, 0.2) is 48.5 Å². The molecule has 0 aliphatic heterocycles. The number of hydrogen-bond donors (Lipinski definition) is 1. The maximum atomic E-state index is 9.76. The highest BCUT2D eigenvalue weighted by Crippen LogP contribution is 2.25. The molecule has 22 heavy (non-hydrogen) atoms. The Kier molecular flexibility index (Phi) is 5.26. The SMILES string of the molecule is CC=CC(=CC(Cl)=COc1ncnc(C)c1O)n1cncn1. The maximum absolute atomic E-state index is 9.76. The van der Waals surface area contributed by atoms with Crippen LogP contribution in [0.1, 0.15) is 12.6 Å². The molecule has 0 unspecified atom stereocenters. The van der Waals surface area contributed by atoms with E-state index in [1.807, 2.05) is 19.1 Å². The number of hydrogen-bond acceptors (Lipinski definition) is 6. The Morgan fingerprint density at radius 1 is 1.36 bits per heavy atom. The number of halogens is 1. The predicted octanol–water partition coefficient (Wildman–Crippen LogP) is 2.66. The molecule has 0 radical (unpaired) electrons. The molecular weight excluding hydrogens is 306 g/mol. The van der Waals surface area contributed by atoms with E-state index in [2.05, 4.69) is 20.1 Å². The van der Waals surface area contributed by atoms with E-state index in [4.69, 9.17) is 16.3 Å². The van der Waals surface area contributed by atoms with Gasteiger partial charge in [0, 0.05) is 0 Å². The Labute approximate surface area is 132 Å². The largest absolute Gasteiger partial charge is 0.502 e. The molecular formula is C14H14ClN5O2. The minimum atomic E-state index is -0.128. The lowest BCUT2D eigenvalue weighted by Crippen LogP contribution is -1.96. The van der Waals surface area contributed by atoms with Gasteiger partial charge in [0.25, 0.3) is 5.88 Å².